The Morgan fingerprint density at radius 3 is 2.18 bits per heavy atom. The van der Waals surface area contributed by atoms with E-state index in [1.54, 1.807) is 30.3 Å². The molecule has 0 bridgehead atoms. The van der Waals surface area contributed by atoms with Gasteiger partial charge >= 0.3 is 0 Å². The van der Waals surface area contributed by atoms with Crippen molar-refractivity contribution in [3.63, 3.8) is 0 Å². The molecule has 11 heteroatoms. The molecule has 0 spiro atoms. The van der Waals surface area contributed by atoms with Crippen LogP contribution in [0, 0.1) is 5.82 Å². The number of nitrogens with zero attached hydrogens (tertiary/aromatic N) is 2. The number of benzene rings is 4. The Hall–Kier alpha value is -3.92. The number of hydrogen-bond donors (Lipinski definition) is 1. The minimum absolute atomic E-state index is 0.119. The highest BCUT2D eigenvalue weighted by Gasteiger charge is 2.35. The first-order chi connectivity index (χ1) is 21.6. The molecule has 2 amide bonds. The SMILES string of the molecule is CCCCNC(=O)[C@H](Cc1ccccc1)N(Cc1ccc(Cl)cc1Cl)C(=O)CN(c1ccccc1F)S(=O)(=O)c1ccccc1. The van der Waals surface area contributed by atoms with E-state index < -0.39 is 40.2 Å². The zero-order valence-corrected chi connectivity index (χ0v) is 27.0. The number of rotatable bonds is 14. The van der Waals surface area contributed by atoms with E-state index in [0.717, 1.165) is 28.8 Å². The van der Waals surface area contributed by atoms with Crippen LogP contribution in [-0.4, -0.2) is 44.3 Å². The summed E-state index contributed by atoms with van der Waals surface area (Å²) >= 11 is 12.7. The fourth-order valence-electron chi connectivity index (χ4n) is 4.78. The maximum atomic E-state index is 15.2. The molecule has 0 saturated carbocycles. The van der Waals surface area contributed by atoms with Gasteiger partial charge in [0, 0.05) is 29.6 Å². The number of anilines is 1. The van der Waals surface area contributed by atoms with Crippen LogP contribution in [0.5, 0.6) is 0 Å². The Bertz CT molecular complexity index is 1710. The number of nitrogens with one attached hydrogen (secondary N) is 1. The fourth-order valence-corrected chi connectivity index (χ4v) is 6.69. The van der Waals surface area contributed by atoms with E-state index in [-0.39, 0.29) is 28.6 Å². The summed E-state index contributed by atoms with van der Waals surface area (Å²) in [4.78, 5) is 29.4. The molecule has 0 aliphatic rings. The van der Waals surface area contributed by atoms with Crippen molar-refractivity contribution in [2.75, 3.05) is 17.4 Å². The van der Waals surface area contributed by atoms with Crippen LogP contribution >= 0.6 is 23.2 Å². The molecule has 0 heterocycles. The van der Waals surface area contributed by atoms with Gasteiger partial charge in [0.25, 0.3) is 10.0 Å². The van der Waals surface area contributed by atoms with Crippen LogP contribution in [0.3, 0.4) is 0 Å². The quantitative estimate of drug-likeness (QED) is 0.148. The number of unbranched alkanes of at least 4 members (excludes halogenated alkanes) is 1. The van der Waals surface area contributed by atoms with Crippen LogP contribution in [-0.2, 0) is 32.6 Å². The van der Waals surface area contributed by atoms with Crippen molar-refractivity contribution >= 4 is 50.7 Å². The standard InChI is InChI=1S/C34H34Cl2FN3O4S/c1-2-3-20-38-34(42)32(21-25-12-6-4-7-13-25)39(23-26-18-19-27(35)22-29(26)36)33(41)24-40(31-17-11-10-16-30(31)37)45(43,44)28-14-8-5-9-15-28/h4-19,22,32H,2-3,20-21,23-24H2,1H3,(H,38,42)/t32-/m0/s1. The Labute approximate surface area is 273 Å². The number of hydrogen-bond acceptors (Lipinski definition) is 4. The lowest BCUT2D eigenvalue weighted by molar-refractivity contribution is -0.140. The normalized spacial score (nSPS) is 11.9. The summed E-state index contributed by atoms with van der Waals surface area (Å²) in [6, 6.07) is 25.7. The highest BCUT2D eigenvalue weighted by Crippen LogP contribution is 2.28. The summed E-state index contributed by atoms with van der Waals surface area (Å²) in [5.41, 5.74) is 0.986. The highest BCUT2D eigenvalue weighted by atomic mass is 35.5. The largest absolute Gasteiger partial charge is 0.354 e. The minimum Gasteiger partial charge on any atom is -0.354 e. The van der Waals surface area contributed by atoms with E-state index >= 15 is 4.39 Å². The van der Waals surface area contributed by atoms with Gasteiger partial charge in [0.05, 0.1) is 10.6 Å². The summed E-state index contributed by atoms with van der Waals surface area (Å²) in [5, 5.41) is 3.58. The number of para-hydroxylation sites is 1. The molecule has 4 aromatic carbocycles. The summed E-state index contributed by atoms with van der Waals surface area (Å²) < 4.78 is 43.8. The third-order valence-corrected chi connectivity index (χ3v) is 9.55. The van der Waals surface area contributed by atoms with Crippen LogP contribution < -0.4 is 9.62 Å². The second-order valence-corrected chi connectivity index (χ2v) is 13.1. The number of carbonyl (C=O) groups is 2. The molecule has 0 aromatic heterocycles. The van der Waals surface area contributed by atoms with Crippen molar-refractivity contribution in [3.05, 3.63) is 130 Å². The van der Waals surface area contributed by atoms with Gasteiger partial charge < -0.3 is 10.2 Å². The van der Waals surface area contributed by atoms with Gasteiger partial charge in [-0.05, 0) is 53.9 Å². The topological polar surface area (TPSA) is 86.8 Å². The van der Waals surface area contributed by atoms with Crippen LogP contribution in [0.25, 0.3) is 0 Å². The van der Waals surface area contributed by atoms with E-state index in [0.29, 0.717) is 17.1 Å². The molecular formula is C34H34Cl2FN3O4S. The van der Waals surface area contributed by atoms with E-state index in [1.165, 1.54) is 41.3 Å². The molecule has 0 radical (unpaired) electrons. The van der Waals surface area contributed by atoms with E-state index in [4.69, 9.17) is 23.2 Å². The second kappa shape index (κ2) is 15.9. The van der Waals surface area contributed by atoms with Gasteiger partial charge in [0.1, 0.15) is 18.4 Å². The van der Waals surface area contributed by atoms with Crippen LogP contribution in [0.1, 0.15) is 30.9 Å². The van der Waals surface area contributed by atoms with Gasteiger partial charge in [-0.2, -0.15) is 0 Å². The smallest absolute Gasteiger partial charge is 0.264 e. The monoisotopic (exact) mass is 669 g/mol. The van der Waals surface area contributed by atoms with Crippen molar-refractivity contribution in [2.24, 2.45) is 0 Å². The number of carbonyl (C=O) groups excluding carboxylic acids is 2. The van der Waals surface area contributed by atoms with Gasteiger partial charge in [-0.25, -0.2) is 12.8 Å². The van der Waals surface area contributed by atoms with Crippen molar-refractivity contribution in [2.45, 2.75) is 43.7 Å². The van der Waals surface area contributed by atoms with Gasteiger partial charge in [0.2, 0.25) is 11.8 Å². The Morgan fingerprint density at radius 2 is 1.53 bits per heavy atom. The van der Waals surface area contributed by atoms with Crippen LogP contribution in [0.15, 0.2) is 108 Å². The first-order valence-corrected chi connectivity index (χ1v) is 16.7. The van der Waals surface area contributed by atoms with Crippen molar-refractivity contribution in [1.82, 2.24) is 10.2 Å². The second-order valence-electron chi connectivity index (χ2n) is 10.4. The van der Waals surface area contributed by atoms with Crippen molar-refractivity contribution < 1.29 is 22.4 Å². The first-order valence-electron chi connectivity index (χ1n) is 14.5. The molecular weight excluding hydrogens is 636 g/mol. The van der Waals surface area contributed by atoms with Gasteiger partial charge in [0.15, 0.2) is 0 Å². The molecule has 0 aliphatic heterocycles. The fraction of sp³-hybridized carbons (Fsp3) is 0.235. The third kappa shape index (κ3) is 8.84. The number of sulfonamides is 1. The molecule has 7 nitrogen and oxygen atoms in total. The first kappa shape index (κ1) is 34.0. The van der Waals surface area contributed by atoms with Crippen LogP contribution in [0.2, 0.25) is 10.0 Å². The predicted molar refractivity (Wildman–Crippen MR) is 176 cm³/mol. The maximum absolute atomic E-state index is 15.2. The number of halogens is 3. The summed E-state index contributed by atoms with van der Waals surface area (Å²) in [6.45, 7) is 1.48. The molecule has 236 valence electrons. The average Bonchev–Trinajstić information content (AvgIpc) is 3.03. The lowest BCUT2D eigenvalue weighted by Gasteiger charge is -2.34. The van der Waals surface area contributed by atoms with E-state index in [2.05, 4.69) is 5.32 Å². The molecule has 0 aliphatic carbocycles. The zero-order chi connectivity index (χ0) is 32.4. The molecule has 0 saturated heterocycles. The van der Waals surface area contributed by atoms with Gasteiger partial charge in [-0.1, -0.05) is 103 Å². The molecule has 4 rings (SSSR count). The Morgan fingerprint density at radius 1 is 0.889 bits per heavy atom. The lowest BCUT2D eigenvalue weighted by Crippen LogP contribution is -2.53. The number of amides is 2. The molecule has 45 heavy (non-hydrogen) atoms. The molecule has 1 atom stereocenters. The average molecular weight is 671 g/mol. The predicted octanol–water partition coefficient (Wildman–Crippen LogP) is 6.88. The lowest BCUT2D eigenvalue weighted by atomic mass is 10.0. The highest BCUT2D eigenvalue weighted by molar-refractivity contribution is 7.92. The molecule has 0 unspecified atom stereocenters. The van der Waals surface area contributed by atoms with E-state index in [1.807, 2.05) is 37.3 Å². The Kier molecular flexibility index (Phi) is 12.0. The van der Waals surface area contributed by atoms with Gasteiger partial charge in [-0.3, -0.25) is 13.9 Å². The minimum atomic E-state index is -4.41. The Balaban J connectivity index is 1.81. The van der Waals surface area contributed by atoms with E-state index in [9.17, 15) is 18.0 Å². The summed E-state index contributed by atoms with van der Waals surface area (Å²) in [6.07, 6.45) is 1.72. The summed E-state index contributed by atoms with van der Waals surface area (Å²) in [5.74, 6) is -1.96. The van der Waals surface area contributed by atoms with Gasteiger partial charge in [-0.15, -0.1) is 0 Å². The zero-order valence-electron chi connectivity index (χ0n) is 24.7. The van der Waals surface area contributed by atoms with Crippen molar-refractivity contribution in [1.29, 1.82) is 0 Å². The summed E-state index contributed by atoms with van der Waals surface area (Å²) in [7, 11) is -4.41. The molecule has 1 N–H and O–H groups in total. The maximum Gasteiger partial charge on any atom is 0.264 e. The van der Waals surface area contributed by atoms with Crippen LogP contribution in [0.4, 0.5) is 10.1 Å². The molecule has 4 aromatic rings. The molecule has 0 fully saturated rings. The third-order valence-electron chi connectivity index (χ3n) is 7.19. The van der Waals surface area contributed by atoms with Crippen molar-refractivity contribution in [3.8, 4) is 0 Å².